The summed E-state index contributed by atoms with van der Waals surface area (Å²) in [5, 5.41) is 0. The van der Waals surface area contributed by atoms with Crippen molar-refractivity contribution in [1.82, 2.24) is 4.57 Å². The molecule has 0 spiro atoms. The summed E-state index contributed by atoms with van der Waals surface area (Å²) < 4.78 is 25.3. The second-order valence-electron chi connectivity index (χ2n) is 8.23. The molecule has 8 nitrogen and oxygen atoms in total. The van der Waals surface area contributed by atoms with Crippen molar-refractivity contribution in [2.75, 3.05) is 26.9 Å². The van der Waals surface area contributed by atoms with Crippen LogP contribution in [0.5, 0.6) is 17.2 Å². The first-order valence-electron chi connectivity index (χ1n) is 12.3. The lowest BCUT2D eigenvalue weighted by atomic mass is 9.95. The number of para-hydroxylation sites is 1. The van der Waals surface area contributed by atoms with E-state index in [-0.39, 0.29) is 12.2 Å². The topological polar surface area (TPSA) is 88.4 Å². The molecule has 0 aliphatic carbocycles. The first-order valence-corrected chi connectivity index (χ1v) is 13.9. The Labute approximate surface area is 233 Å². The number of benzene rings is 2. The standard InChI is InChI=1S/C28H29BrN2O6S/c1-6-35-21-15-22(36-7-2)19(29)13-17(21)14-23-26(32)31-25(18-11-9-10-12-20(18)34-5)24(27(33)37-8-3)16(4)30-28(31)38-23/h9-15,25H,6-8H2,1-5H3/b23-14-/t25-/m1/s1. The Morgan fingerprint density at radius 1 is 1.08 bits per heavy atom. The third-order valence-corrected chi connectivity index (χ3v) is 7.50. The highest BCUT2D eigenvalue weighted by Gasteiger charge is 2.35. The number of allylic oxidation sites excluding steroid dienone is 1. The molecule has 1 aliphatic rings. The maximum atomic E-state index is 13.9. The van der Waals surface area contributed by atoms with E-state index in [0.717, 1.165) is 4.47 Å². The van der Waals surface area contributed by atoms with Gasteiger partial charge in [0.2, 0.25) is 0 Å². The fourth-order valence-corrected chi connectivity index (χ4v) is 5.84. The van der Waals surface area contributed by atoms with E-state index < -0.39 is 12.0 Å². The van der Waals surface area contributed by atoms with Crippen LogP contribution in [0.1, 0.15) is 44.9 Å². The van der Waals surface area contributed by atoms with Gasteiger partial charge < -0.3 is 18.9 Å². The Bertz CT molecular complexity index is 1570. The molecular formula is C28H29BrN2O6S. The normalized spacial score (nSPS) is 15.1. The largest absolute Gasteiger partial charge is 0.496 e. The molecule has 2 aromatic carbocycles. The van der Waals surface area contributed by atoms with Crippen LogP contribution in [0.25, 0.3) is 6.08 Å². The van der Waals surface area contributed by atoms with Gasteiger partial charge in [-0.15, -0.1) is 0 Å². The molecule has 1 aliphatic heterocycles. The Balaban J connectivity index is 1.97. The zero-order chi connectivity index (χ0) is 27.4. The van der Waals surface area contributed by atoms with Gasteiger partial charge in [-0.3, -0.25) is 9.36 Å². The van der Waals surface area contributed by atoms with Crippen LogP contribution in [0.3, 0.4) is 0 Å². The number of esters is 1. The molecule has 0 saturated heterocycles. The van der Waals surface area contributed by atoms with Gasteiger partial charge in [0.15, 0.2) is 4.80 Å². The average molecular weight is 602 g/mol. The van der Waals surface area contributed by atoms with E-state index in [1.807, 2.05) is 38.1 Å². The third-order valence-electron chi connectivity index (χ3n) is 5.90. The SMILES string of the molecule is CCOC(=O)C1=C(C)N=c2s/c(=C\c3cc(Br)c(OCC)cc3OCC)c(=O)n2[C@@H]1c1ccccc1OC. The van der Waals surface area contributed by atoms with Gasteiger partial charge in [-0.05, 0) is 61.8 Å². The number of hydrogen-bond acceptors (Lipinski definition) is 8. The first kappa shape index (κ1) is 27.7. The number of methoxy groups -OCH3 is 1. The number of ether oxygens (including phenoxy) is 4. The number of carbonyl (C=O) groups is 1. The minimum Gasteiger partial charge on any atom is -0.496 e. The lowest BCUT2D eigenvalue weighted by Crippen LogP contribution is -2.40. The second-order valence-corrected chi connectivity index (χ2v) is 10.1. The predicted octanol–water partition coefficient (Wildman–Crippen LogP) is 4.37. The molecule has 1 atom stereocenters. The van der Waals surface area contributed by atoms with Crippen molar-refractivity contribution in [3.63, 3.8) is 0 Å². The molecule has 3 aromatic rings. The lowest BCUT2D eigenvalue weighted by molar-refractivity contribution is -0.139. The van der Waals surface area contributed by atoms with E-state index in [9.17, 15) is 9.59 Å². The van der Waals surface area contributed by atoms with Crippen LogP contribution < -0.4 is 29.1 Å². The van der Waals surface area contributed by atoms with Crippen molar-refractivity contribution in [1.29, 1.82) is 0 Å². The number of aromatic nitrogens is 1. The van der Waals surface area contributed by atoms with Crippen LogP contribution >= 0.6 is 27.3 Å². The van der Waals surface area contributed by atoms with Gasteiger partial charge in [0.25, 0.3) is 5.56 Å². The Kier molecular flexibility index (Phi) is 8.73. The second kappa shape index (κ2) is 12.0. The molecule has 1 aromatic heterocycles. The molecule has 0 unspecified atom stereocenters. The molecule has 0 radical (unpaired) electrons. The summed E-state index contributed by atoms with van der Waals surface area (Å²) in [5.74, 6) is 1.28. The number of nitrogens with zero attached hydrogens (tertiary/aromatic N) is 2. The van der Waals surface area contributed by atoms with Crippen molar-refractivity contribution in [3.8, 4) is 17.2 Å². The first-order chi connectivity index (χ1) is 18.3. The molecule has 0 N–H and O–H groups in total. The highest BCUT2D eigenvalue weighted by atomic mass is 79.9. The van der Waals surface area contributed by atoms with E-state index >= 15 is 0 Å². The lowest BCUT2D eigenvalue weighted by Gasteiger charge is -2.25. The van der Waals surface area contributed by atoms with E-state index in [4.69, 9.17) is 18.9 Å². The maximum Gasteiger partial charge on any atom is 0.338 e. The number of rotatable bonds is 9. The summed E-state index contributed by atoms with van der Waals surface area (Å²) in [6.45, 7) is 8.46. The van der Waals surface area contributed by atoms with Crippen LogP contribution in [0.2, 0.25) is 0 Å². The molecule has 0 fully saturated rings. The van der Waals surface area contributed by atoms with E-state index in [1.54, 1.807) is 39.2 Å². The Morgan fingerprint density at radius 2 is 1.79 bits per heavy atom. The molecule has 10 heteroatoms. The van der Waals surface area contributed by atoms with Crippen LogP contribution in [0.4, 0.5) is 0 Å². The average Bonchev–Trinajstić information content (AvgIpc) is 3.20. The van der Waals surface area contributed by atoms with Gasteiger partial charge >= 0.3 is 5.97 Å². The Morgan fingerprint density at radius 3 is 2.47 bits per heavy atom. The molecule has 4 rings (SSSR count). The number of fused-ring (bicyclic) bond motifs is 1. The highest BCUT2D eigenvalue weighted by molar-refractivity contribution is 9.10. The number of carbonyl (C=O) groups excluding carboxylic acids is 1. The van der Waals surface area contributed by atoms with Crippen LogP contribution in [0.15, 0.2) is 61.9 Å². The fraction of sp³-hybridized carbons (Fsp3) is 0.321. The maximum absolute atomic E-state index is 13.9. The van der Waals surface area contributed by atoms with Crippen molar-refractivity contribution in [3.05, 3.63) is 83.0 Å². The van der Waals surface area contributed by atoms with Crippen LogP contribution in [0, 0.1) is 0 Å². The van der Waals surface area contributed by atoms with Gasteiger partial charge in [0.1, 0.15) is 23.3 Å². The smallest absolute Gasteiger partial charge is 0.338 e. The van der Waals surface area contributed by atoms with Crippen molar-refractivity contribution in [2.24, 2.45) is 4.99 Å². The monoisotopic (exact) mass is 600 g/mol. The van der Waals surface area contributed by atoms with Crippen molar-refractivity contribution < 1.29 is 23.7 Å². The van der Waals surface area contributed by atoms with Crippen LogP contribution in [-0.4, -0.2) is 37.5 Å². The minimum absolute atomic E-state index is 0.200. The van der Waals surface area contributed by atoms with Gasteiger partial charge in [0.05, 0.1) is 47.2 Å². The molecule has 200 valence electrons. The number of thiazole rings is 1. The molecule has 0 bridgehead atoms. The summed E-state index contributed by atoms with van der Waals surface area (Å²) >= 11 is 4.80. The summed E-state index contributed by atoms with van der Waals surface area (Å²) in [7, 11) is 1.56. The molecule has 2 heterocycles. The quantitative estimate of drug-likeness (QED) is 0.339. The van der Waals surface area contributed by atoms with Gasteiger partial charge in [-0.1, -0.05) is 29.5 Å². The number of hydrogen-bond donors (Lipinski definition) is 0. The summed E-state index contributed by atoms with van der Waals surface area (Å²) in [6.07, 6.45) is 1.78. The predicted molar refractivity (Wildman–Crippen MR) is 150 cm³/mol. The fourth-order valence-electron chi connectivity index (χ4n) is 4.33. The molecular weight excluding hydrogens is 572 g/mol. The third kappa shape index (κ3) is 5.28. The number of halogens is 1. The summed E-state index contributed by atoms with van der Waals surface area (Å²) in [6, 6.07) is 10.2. The van der Waals surface area contributed by atoms with Gasteiger partial charge in [0, 0.05) is 17.2 Å². The summed E-state index contributed by atoms with van der Waals surface area (Å²) in [5.41, 5.74) is 1.88. The van der Waals surface area contributed by atoms with E-state index in [2.05, 4.69) is 20.9 Å². The minimum atomic E-state index is -0.762. The van der Waals surface area contributed by atoms with Crippen LogP contribution in [-0.2, 0) is 9.53 Å². The van der Waals surface area contributed by atoms with E-state index in [1.165, 1.54) is 15.9 Å². The summed E-state index contributed by atoms with van der Waals surface area (Å²) in [4.78, 5) is 32.2. The van der Waals surface area contributed by atoms with Crippen molar-refractivity contribution >= 4 is 39.3 Å². The molecule has 0 saturated carbocycles. The van der Waals surface area contributed by atoms with Gasteiger partial charge in [-0.25, -0.2) is 9.79 Å². The van der Waals surface area contributed by atoms with Gasteiger partial charge in [-0.2, -0.15) is 0 Å². The van der Waals surface area contributed by atoms with Crippen molar-refractivity contribution in [2.45, 2.75) is 33.7 Å². The molecule has 0 amide bonds. The molecule has 38 heavy (non-hydrogen) atoms. The zero-order valence-electron chi connectivity index (χ0n) is 21.9. The zero-order valence-corrected chi connectivity index (χ0v) is 24.3. The highest BCUT2D eigenvalue weighted by Crippen LogP contribution is 2.36. The Hall–Kier alpha value is -3.37. The van der Waals surface area contributed by atoms with E-state index in [0.29, 0.717) is 62.2 Å².